The number of thiazole rings is 1. The van der Waals surface area contributed by atoms with E-state index in [1.807, 2.05) is 42.5 Å². The molecule has 3 aromatic carbocycles. The van der Waals surface area contributed by atoms with Gasteiger partial charge < -0.3 is 14.8 Å². The molecule has 0 atom stereocenters. The molecule has 6 nitrogen and oxygen atoms in total. The van der Waals surface area contributed by atoms with E-state index < -0.39 is 0 Å². The fourth-order valence-corrected chi connectivity index (χ4v) is 4.11. The van der Waals surface area contributed by atoms with Crippen LogP contribution in [-0.4, -0.2) is 30.2 Å². The van der Waals surface area contributed by atoms with Crippen LogP contribution in [0, 0.1) is 0 Å². The summed E-state index contributed by atoms with van der Waals surface area (Å²) in [7, 11) is 3.17. The number of benzene rings is 3. The fourth-order valence-electron chi connectivity index (χ4n) is 2.94. The Morgan fingerprint density at radius 1 is 1.03 bits per heavy atom. The molecule has 0 saturated carbocycles. The molecule has 0 unspecified atom stereocenters. The Bertz CT molecular complexity index is 1240. The maximum absolute atomic E-state index is 12.6. The number of hydrogen-bond acceptors (Lipinski definition) is 6. The molecule has 2 N–H and O–H groups in total. The Morgan fingerprint density at radius 2 is 1.83 bits per heavy atom. The van der Waals surface area contributed by atoms with Gasteiger partial charge in [0.05, 0.1) is 18.9 Å². The lowest BCUT2D eigenvalue weighted by atomic mass is 10.1. The molecule has 8 heteroatoms. The minimum atomic E-state index is -0.284. The number of nitrogens with zero attached hydrogens (tertiary/aromatic N) is 1. The molecule has 0 radical (unpaired) electrons. The Morgan fingerprint density at radius 3 is 2.59 bits per heavy atom. The number of amides is 1. The second-order valence-corrected chi connectivity index (χ2v) is 7.60. The summed E-state index contributed by atoms with van der Waals surface area (Å²) < 4.78 is 11.5. The lowest BCUT2D eigenvalue weighted by Gasteiger charge is -2.08. The first-order chi connectivity index (χ1) is 14.1. The number of methoxy groups -OCH3 is 2. The molecule has 146 valence electrons. The number of hydrogen-bond donors (Lipinski definition) is 2. The van der Waals surface area contributed by atoms with Crippen LogP contribution in [0.4, 0.5) is 5.13 Å². The van der Waals surface area contributed by atoms with E-state index in [0.717, 1.165) is 15.5 Å². The summed E-state index contributed by atoms with van der Waals surface area (Å²) in [5.74, 6) is 1.00. The van der Waals surface area contributed by atoms with Crippen molar-refractivity contribution in [3.05, 3.63) is 60.2 Å². The van der Waals surface area contributed by atoms with E-state index in [0.29, 0.717) is 27.7 Å². The van der Waals surface area contributed by atoms with Crippen molar-refractivity contribution in [2.24, 2.45) is 0 Å². The summed E-state index contributed by atoms with van der Waals surface area (Å²) in [6, 6.07) is 17.0. The summed E-state index contributed by atoms with van der Waals surface area (Å²) >= 11 is 6.68. The minimum Gasteiger partial charge on any atom is -0.497 e. The third-order valence-electron chi connectivity index (χ3n) is 4.35. The van der Waals surface area contributed by atoms with Crippen LogP contribution in [0.5, 0.6) is 11.5 Å². The van der Waals surface area contributed by atoms with Gasteiger partial charge in [-0.05, 0) is 41.2 Å². The Hall–Kier alpha value is -3.23. The van der Waals surface area contributed by atoms with E-state index in [4.69, 9.17) is 21.7 Å². The molecular weight excluding hydrogens is 406 g/mol. The predicted octanol–water partition coefficient (Wildman–Crippen LogP) is 4.59. The van der Waals surface area contributed by atoms with Gasteiger partial charge in [-0.2, -0.15) is 0 Å². The summed E-state index contributed by atoms with van der Waals surface area (Å²) in [5, 5.41) is 8.46. The first-order valence-corrected chi connectivity index (χ1v) is 9.93. The topological polar surface area (TPSA) is 72.5 Å². The van der Waals surface area contributed by atoms with E-state index in [2.05, 4.69) is 15.6 Å². The zero-order valence-corrected chi connectivity index (χ0v) is 17.3. The number of aromatic nitrogens is 1. The normalized spacial score (nSPS) is 10.7. The van der Waals surface area contributed by atoms with Gasteiger partial charge in [-0.3, -0.25) is 10.1 Å². The third-order valence-corrected chi connectivity index (χ3v) is 5.47. The summed E-state index contributed by atoms with van der Waals surface area (Å²) in [5.41, 5.74) is 1.23. The van der Waals surface area contributed by atoms with E-state index in [-0.39, 0.29) is 11.0 Å². The largest absolute Gasteiger partial charge is 0.497 e. The maximum atomic E-state index is 12.6. The lowest BCUT2D eigenvalue weighted by molar-refractivity contribution is 0.0978. The number of rotatable bonds is 4. The fraction of sp³-hybridized carbons (Fsp3) is 0.0952. The monoisotopic (exact) mass is 423 g/mol. The summed E-state index contributed by atoms with van der Waals surface area (Å²) in [4.78, 5) is 17.1. The molecule has 1 heterocycles. The zero-order chi connectivity index (χ0) is 20.4. The van der Waals surface area contributed by atoms with Crippen LogP contribution >= 0.6 is 23.6 Å². The van der Waals surface area contributed by atoms with Gasteiger partial charge in [-0.25, -0.2) is 4.98 Å². The van der Waals surface area contributed by atoms with Crippen molar-refractivity contribution in [3.63, 3.8) is 0 Å². The molecule has 4 aromatic rings. The van der Waals surface area contributed by atoms with Crippen LogP contribution in [0.25, 0.3) is 21.0 Å². The van der Waals surface area contributed by atoms with E-state index in [1.165, 1.54) is 11.3 Å². The lowest BCUT2D eigenvalue weighted by Crippen LogP contribution is -2.34. The van der Waals surface area contributed by atoms with Gasteiger partial charge in [0.1, 0.15) is 17.0 Å². The molecule has 29 heavy (non-hydrogen) atoms. The van der Waals surface area contributed by atoms with Gasteiger partial charge in [-0.1, -0.05) is 41.7 Å². The SMILES string of the molecule is COc1cc(OC)c2nc(NC(=S)NC(=O)c3ccc4ccccc4c3)sc2c1. The van der Waals surface area contributed by atoms with Crippen LogP contribution in [0.3, 0.4) is 0 Å². The molecule has 0 saturated heterocycles. The van der Waals surface area contributed by atoms with E-state index >= 15 is 0 Å². The first-order valence-electron chi connectivity index (χ1n) is 8.71. The molecule has 0 bridgehead atoms. The van der Waals surface area contributed by atoms with Gasteiger partial charge in [0, 0.05) is 11.6 Å². The van der Waals surface area contributed by atoms with Crippen LogP contribution < -0.4 is 20.1 Å². The van der Waals surface area contributed by atoms with Gasteiger partial charge in [0.25, 0.3) is 5.91 Å². The smallest absolute Gasteiger partial charge is 0.257 e. The Balaban J connectivity index is 1.50. The molecule has 0 fully saturated rings. The van der Waals surface area contributed by atoms with Crippen LogP contribution in [0.15, 0.2) is 54.6 Å². The first kappa shape index (κ1) is 19.1. The quantitative estimate of drug-likeness (QED) is 0.468. The molecule has 1 amide bonds. The molecule has 0 spiro atoms. The highest BCUT2D eigenvalue weighted by Crippen LogP contribution is 2.36. The number of carbonyl (C=O) groups is 1. The highest BCUT2D eigenvalue weighted by Gasteiger charge is 2.14. The van der Waals surface area contributed by atoms with Crippen molar-refractivity contribution < 1.29 is 14.3 Å². The summed E-state index contributed by atoms with van der Waals surface area (Å²) in [6.45, 7) is 0. The van der Waals surface area contributed by atoms with Gasteiger partial charge >= 0.3 is 0 Å². The van der Waals surface area contributed by atoms with Crippen LogP contribution in [0.2, 0.25) is 0 Å². The number of nitrogens with one attached hydrogen (secondary N) is 2. The van der Waals surface area contributed by atoms with Gasteiger partial charge in [0.15, 0.2) is 10.2 Å². The minimum absolute atomic E-state index is 0.174. The zero-order valence-electron chi connectivity index (χ0n) is 15.7. The number of anilines is 1. The second-order valence-electron chi connectivity index (χ2n) is 6.17. The molecule has 0 aliphatic rings. The van der Waals surface area contributed by atoms with Crippen molar-refractivity contribution in [3.8, 4) is 11.5 Å². The van der Waals surface area contributed by atoms with Crippen molar-refractivity contribution in [1.82, 2.24) is 10.3 Å². The standard InChI is InChI=1S/C21H17N3O3S2/c1-26-15-10-16(27-2)18-17(11-15)29-21(22-18)24-20(28)23-19(25)14-8-7-12-5-3-4-6-13(12)9-14/h3-11H,1-2H3,(H2,22,23,24,25,28). The van der Waals surface area contributed by atoms with Crippen molar-refractivity contribution in [2.75, 3.05) is 19.5 Å². The molecule has 0 aliphatic carbocycles. The second kappa shape index (κ2) is 8.02. The van der Waals surface area contributed by atoms with Crippen molar-refractivity contribution >= 4 is 60.7 Å². The molecular formula is C21H17N3O3S2. The average Bonchev–Trinajstić information content (AvgIpc) is 3.14. The van der Waals surface area contributed by atoms with Gasteiger partial charge in [0.2, 0.25) is 0 Å². The van der Waals surface area contributed by atoms with Crippen LogP contribution in [-0.2, 0) is 0 Å². The third kappa shape index (κ3) is 3.98. The van der Waals surface area contributed by atoms with E-state index in [9.17, 15) is 4.79 Å². The van der Waals surface area contributed by atoms with E-state index in [1.54, 1.807) is 26.4 Å². The van der Waals surface area contributed by atoms with Gasteiger partial charge in [-0.15, -0.1) is 0 Å². The molecule has 1 aromatic heterocycles. The predicted molar refractivity (Wildman–Crippen MR) is 120 cm³/mol. The van der Waals surface area contributed by atoms with Crippen LogP contribution in [0.1, 0.15) is 10.4 Å². The van der Waals surface area contributed by atoms with Crippen molar-refractivity contribution in [1.29, 1.82) is 0 Å². The highest BCUT2D eigenvalue weighted by molar-refractivity contribution is 7.80. The Labute approximate surface area is 176 Å². The number of ether oxygens (including phenoxy) is 2. The molecule has 0 aliphatic heterocycles. The number of carbonyl (C=O) groups excluding carboxylic acids is 1. The number of fused-ring (bicyclic) bond motifs is 2. The maximum Gasteiger partial charge on any atom is 0.257 e. The van der Waals surface area contributed by atoms with Crippen molar-refractivity contribution in [2.45, 2.75) is 0 Å². The Kier molecular flexibility index (Phi) is 5.28. The summed E-state index contributed by atoms with van der Waals surface area (Å²) in [6.07, 6.45) is 0. The highest BCUT2D eigenvalue weighted by atomic mass is 32.1. The number of thiocarbonyl (C=S) groups is 1. The molecule has 4 rings (SSSR count). The average molecular weight is 424 g/mol.